The second-order valence-electron chi connectivity index (χ2n) is 6.66. The normalized spacial score (nSPS) is 18.8. The van der Waals surface area contributed by atoms with E-state index in [2.05, 4.69) is 15.3 Å². The number of halogens is 1. The van der Waals surface area contributed by atoms with Crippen LogP contribution in [0.4, 0.5) is 15.1 Å². The van der Waals surface area contributed by atoms with Gasteiger partial charge in [-0.3, -0.25) is 14.5 Å². The van der Waals surface area contributed by atoms with Crippen molar-refractivity contribution in [1.82, 2.24) is 25.1 Å². The number of nitrogens with one attached hydrogen (secondary N) is 1. The molecule has 0 bridgehead atoms. The fourth-order valence-electron chi connectivity index (χ4n) is 3.30. The van der Waals surface area contributed by atoms with E-state index >= 15 is 0 Å². The van der Waals surface area contributed by atoms with Gasteiger partial charge in [-0.15, -0.1) is 0 Å². The van der Waals surface area contributed by atoms with Gasteiger partial charge in [0.1, 0.15) is 0 Å². The molecule has 2 aliphatic rings. The van der Waals surface area contributed by atoms with Crippen LogP contribution in [0.2, 0.25) is 0 Å². The molecule has 1 aromatic rings. The number of hydrogen-bond donors (Lipinski definition) is 1. The number of piperazine rings is 1. The van der Waals surface area contributed by atoms with Crippen molar-refractivity contribution in [2.75, 3.05) is 44.2 Å². The van der Waals surface area contributed by atoms with E-state index in [1.807, 2.05) is 4.90 Å². The molecular weight excluding hydrogens is 355 g/mol. The van der Waals surface area contributed by atoms with Crippen molar-refractivity contribution < 1.29 is 18.8 Å². The van der Waals surface area contributed by atoms with Crippen molar-refractivity contribution in [3.63, 3.8) is 0 Å². The zero-order valence-electron chi connectivity index (χ0n) is 15.2. The molecule has 0 unspecified atom stereocenters. The number of anilines is 1. The molecule has 10 heteroatoms. The van der Waals surface area contributed by atoms with Gasteiger partial charge in [0.05, 0.1) is 12.4 Å². The Morgan fingerprint density at radius 2 is 1.81 bits per heavy atom. The molecule has 2 saturated heterocycles. The summed E-state index contributed by atoms with van der Waals surface area (Å²) in [4.78, 5) is 48.5. The van der Waals surface area contributed by atoms with Gasteiger partial charge >= 0.3 is 17.8 Å². The summed E-state index contributed by atoms with van der Waals surface area (Å²) in [6, 6.07) is -0.520. The van der Waals surface area contributed by atoms with Crippen LogP contribution in [0.25, 0.3) is 0 Å². The highest BCUT2D eigenvalue weighted by Crippen LogP contribution is 2.20. The second-order valence-corrected chi connectivity index (χ2v) is 6.66. The van der Waals surface area contributed by atoms with Crippen LogP contribution in [-0.4, -0.2) is 76.9 Å². The molecule has 1 aromatic heterocycles. The average Bonchev–Trinajstić information content (AvgIpc) is 2.69. The number of urea groups is 1. The molecule has 0 aromatic carbocycles. The van der Waals surface area contributed by atoms with Gasteiger partial charge in [-0.1, -0.05) is 0 Å². The summed E-state index contributed by atoms with van der Waals surface area (Å²) < 4.78 is 12.9. The van der Waals surface area contributed by atoms with Crippen LogP contribution >= 0.6 is 0 Å². The van der Waals surface area contributed by atoms with Gasteiger partial charge < -0.3 is 15.1 Å². The molecular formula is C17H23FN6O3. The molecule has 4 amide bonds. The number of likely N-dealkylation sites (N-methyl/N-ethyl adjacent to an activating group) is 1. The molecule has 0 saturated carbocycles. The van der Waals surface area contributed by atoms with Crippen molar-refractivity contribution in [2.45, 2.75) is 19.8 Å². The molecule has 2 aliphatic heterocycles. The Morgan fingerprint density at radius 3 is 2.44 bits per heavy atom. The van der Waals surface area contributed by atoms with E-state index in [-0.39, 0.29) is 12.5 Å². The second kappa shape index (κ2) is 8.28. The summed E-state index contributed by atoms with van der Waals surface area (Å²) in [5.74, 6) is -1.12. The number of carbonyl (C=O) groups is 3. The SMILES string of the molecule is CCN1CCN(C(=O)NCC2CCN(c3ncc(F)cn3)CC2)C(=O)C1=O. The predicted molar refractivity (Wildman–Crippen MR) is 94.3 cm³/mol. The van der Waals surface area contributed by atoms with Crippen molar-refractivity contribution in [2.24, 2.45) is 5.92 Å². The minimum absolute atomic E-state index is 0.213. The lowest BCUT2D eigenvalue weighted by molar-refractivity contribution is -0.153. The first-order chi connectivity index (χ1) is 13.0. The first-order valence-electron chi connectivity index (χ1n) is 9.10. The summed E-state index contributed by atoms with van der Waals surface area (Å²) in [5.41, 5.74) is 0. The number of imide groups is 1. The molecule has 1 N–H and O–H groups in total. The Balaban J connectivity index is 1.44. The van der Waals surface area contributed by atoms with Crippen molar-refractivity contribution >= 4 is 23.8 Å². The maximum Gasteiger partial charge on any atom is 0.324 e. The largest absolute Gasteiger partial charge is 0.341 e. The molecule has 0 aliphatic carbocycles. The Hall–Kier alpha value is -2.78. The smallest absolute Gasteiger partial charge is 0.324 e. The van der Waals surface area contributed by atoms with Crippen LogP contribution < -0.4 is 10.2 Å². The molecule has 2 fully saturated rings. The van der Waals surface area contributed by atoms with Gasteiger partial charge in [-0.2, -0.15) is 0 Å². The molecule has 146 valence electrons. The zero-order chi connectivity index (χ0) is 19.4. The maximum absolute atomic E-state index is 12.9. The number of nitrogens with zero attached hydrogens (tertiary/aromatic N) is 5. The lowest BCUT2D eigenvalue weighted by Gasteiger charge is -2.34. The standard InChI is InChI=1S/C17H23FN6O3/c1-2-22-7-8-24(15(26)14(22)25)17(27)21-9-12-3-5-23(6-4-12)16-19-10-13(18)11-20-16/h10-12H,2-9H2,1H3,(H,21,27). The third kappa shape index (κ3) is 4.32. The Bertz CT molecular complexity index is 705. The predicted octanol–water partition coefficient (Wildman–Crippen LogP) is 0.232. The first kappa shape index (κ1) is 19.0. The summed E-state index contributed by atoms with van der Waals surface area (Å²) in [6.45, 7) is 4.68. The highest BCUT2D eigenvalue weighted by molar-refractivity contribution is 6.38. The van der Waals surface area contributed by atoms with E-state index in [0.717, 1.165) is 30.1 Å². The number of piperidine rings is 1. The highest BCUT2D eigenvalue weighted by atomic mass is 19.1. The van der Waals surface area contributed by atoms with Gasteiger partial charge in [-0.05, 0) is 25.7 Å². The van der Waals surface area contributed by atoms with Gasteiger partial charge in [-0.25, -0.2) is 19.2 Å². The quantitative estimate of drug-likeness (QED) is 0.754. The lowest BCUT2D eigenvalue weighted by atomic mass is 9.97. The Kier molecular flexibility index (Phi) is 5.82. The van der Waals surface area contributed by atoms with Gasteiger partial charge in [0.2, 0.25) is 5.95 Å². The Morgan fingerprint density at radius 1 is 1.15 bits per heavy atom. The summed E-state index contributed by atoms with van der Waals surface area (Å²) in [5, 5.41) is 2.76. The Labute approximate surface area is 156 Å². The van der Waals surface area contributed by atoms with E-state index in [1.54, 1.807) is 6.92 Å². The third-order valence-electron chi connectivity index (χ3n) is 4.98. The fourth-order valence-corrected chi connectivity index (χ4v) is 3.30. The van der Waals surface area contributed by atoms with Gasteiger partial charge in [0.15, 0.2) is 5.82 Å². The van der Waals surface area contributed by atoms with E-state index in [4.69, 9.17) is 0 Å². The third-order valence-corrected chi connectivity index (χ3v) is 4.98. The molecule has 3 heterocycles. The van der Waals surface area contributed by atoms with Crippen molar-refractivity contribution in [3.8, 4) is 0 Å². The maximum atomic E-state index is 12.9. The molecule has 27 heavy (non-hydrogen) atoms. The number of aromatic nitrogens is 2. The van der Waals surface area contributed by atoms with Crippen molar-refractivity contribution in [1.29, 1.82) is 0 Å². The zero-order valence-corrected chi connectivity index (χ0v) is 15.2. The minimum atomic E-state index is -0.774. The highest BCUT2D eigenvalue weighted by Gasteiger charge is 2.35. The van der Waals surface area contributed by atoms with Crippen LogP contribution in [0.3, 0.4) is 0 Å². The van der Waals surface area contributed by atoms with Crippen LogP contribution in [0, 0.1) is 11.7 Å². The first-order valence-corrected chi connectivity index (χ1v) is 9.10. The van der Waals surface area contributed by atoms with Crippen LogP contribution in [0.15, 0.2) is 12.4 Å². The van der Waals surface area contributed by atoms with Crippen molar-refractivity contribution in [3.05, 3.63) is 18.2 Å². The molecule has 3 rings (SSSR count). The number of amides is 4. The lowest BCUT2D eigenvalue weighted by Crippen LogP contribution is -2.58. The van der Waals surface area contributed by atoms with E-state index in [9.17, 15) is 18.8 Å². The number of hydrogen-bond acceptors (Lipinski definition) is 6. The molecule has 9 nitrogen and oxygen atoms in total. The molecule has 0 atom stereocenters. The van der Waals surface area contributed by atoms with Gasteiger partial charge in [0.25, 0.3) is 0 Å². The van der Waals surface area contributed by atoms with E-state index < -0.39 is 23.7 Å². The van der Waals surface area contributed by atoms with E-state index in [0.29, 0.717) is 38.7 Å². The summed E-state index contributed by atoms with van der Waals surface area (Å²) in [7, 11) is 0. The van der Waals surface area contributed by atoms with Crippen LogP contribution in [0.5, 0.6) is 0 Å². The molecule has 0 spiro atoms. The van der Waals surface area contributed by atoms with Crippen LogP contribution in [-0.2, 0) is 9.59 Å². The summed E-state index contributed by atoms with van der Waals surface area (Å²) >= 11 is 0. The van der Waals surface area contributed by atoms with Crippen LogP contribution in [0.1, 0.15) is 19.8 Å². The number of rotatable bonds is 4. The fraction of sp³-hybridized carbons (Fsp3) is 0.588. The number of carbonyl (C=O) groups excluding carboxylic acids is 3. The summed E-state index contributed by atoms with van der Waals surface area (Å²) in [6.07, 6.45) is 3.92. The molecule has 0 radical (unpaired) electrons. The van der Waals surface area contributed by atoms with E-state index in [1.165, 1.54) is 4.90 Å². The topological polar surface area (TPSA) is 98.7 Å². The average molecular weight is 378 g/mol. The minimum Gasteiger partial charge on any atom is -0.341 e. The monoisotopic (exact) mass is 378 g/mol. The van der Waals surface area contributed by atoms with Gasteiger partial charge in [0, 0.05) is 39.3 Å².